The molecule has 1 N–H and O–H groups in total. The van der Waals surface area contributed by atoms with Crippen LogP contribution >= 0.6 is 12.2 Å². The third-order valence-corrected chi connectivity index (χ3v) is 7.56. The Morgan fingerprint density at radius 1 is 1.22 bits per heavy atom. The number of aryl methyl sites for hydroxylation is 1. The van der Waals surface area contributed by atoms with E-state index in [1.54, 1.807) is 11.1 Å². The van der Waals surface area contributed by atoms with Gasteiger partial charge in [-0.1, -0.05) is 12.1 Å². The first-order valence-corrected chi connectivity index (χ1v) is 11.8. The number of piperidine rings is 1. The van der Waals surface area contributed by atoms with Crippen LogP contribution < -0.4 is 15.1 Å². The summed E-state index contributed by atoms with van der Waals surface area (Å²) in [5.41, 5.74) is 3.44. The van der Waals surface area contributed by atoms with E-state index in [1.807, 2.05) is 13.0 Å². The molecule has 3 aliphatic rings. The van der Waals surface area contributed by atoms with Crippen molar-refractivity contribution in [3.05, 3.63) is 53.3 Å². The fourth-order valence-corrected chi connectivity index (χ4v) is 5.68. The van der Waals surface area contributed by atoms with Crippen molar-refractivity contribution in [2.75, 3.05) is 22.9 Å². The molecule has 2 aromatic rings. The number of carbonyl (C=O) groups excluding carboxylic acids is 1. The van der Waals surface area contributed by atoms with E-state index < -0.39 is 5.54 Å². The zero-order valence-electron chi connectivity index (χ0n) is 18.3. The maximum Gasteiger partial charge on any atom is 0.259 e. The number of carbonyl (C=O) groups is 1. The number of rotatable bonds is 4. The molecule has 0 radical (unpaired) electrons. The van der Waals surface area contributed by atoms with Crippen LogP contribution in [0.25, 0.3) is 0 Å². The lowest BCUT2D eigenvalue weighted by atomic mass is 9.75. The Kier molecular flexibility index (Phi) is 5.44. The number of amides is 1. The molecule has 1 aromatic heterocycles. The largest absolute Gasteiger partial charge is 0.317 e. The Hall–Kier alpha value is -2.82. The SMILES string of the molecule is Cc1cc(N2C(=O)C3(CCC3)N(c3ccc(CC4CCNCC4)cc3)C2=S)cnc1C#N. The topological polar surface area (TPSA) is 72.3 Å². The summed E-state index contributed by atoms with van der Waals surface area (Å²) in [6.07, 6.45) is 7.72. The van der Waals surface area contributed by atoms with Crippen molar-refractivity contribution < 1.29 is 4.79 Å². The van der Waals surface area contributed by atoms with Crippen LogP contribution in [0.1, 0.15) is 48.9 Å². The van der Waals surface area contributed by atoms with E-state index in [0.29, 0.717) is 16.5 Å². The van der Waals surface area contributed by atoms with Crippen molar-refractivity contribution in [1.82, 2.24) is 10.3 Å². The van der Waals surface area contributed by atoms with Gasteiger partial charge in [-0.05, 0) is 106 Å². The average molecular weight is 446 g/mol. The van der Waals surface area contributed by atoms with E-state index in [4.69, 9.17) is 12.2 Å². The van der Waals surface area contributed by atoms with Gasteiger partial charge >= 0.3 is 0 Å². The highest BCUT2D eigenvalue weighted by atomic mass is 32.1. The smallest absolute Gasteiger partial charge is 0.259 e. The Morgan fingerprint density at radius 3 is 2.53 bits per heavy atom. The number of aromatic nitrogens is 1. The van der Waals surface area contributed by atoms with Crippen molar-refractivity contribution in [2.24, 2.45) is 5.92 Å². The van der Waals surface area contributed by atoms with Crippen molar-refractivity contribution in [2.45, 2.75) is 51.0 Å². The molecule has 0 bridgehead atoms. The number of pyridine rings is 1. The minimum absolute atomic E-state index is 0.0124. The van der Waals surface area contributed by atoms with E-state index in [1.165, 1.54) is 18.4 Å². The highest BCUT2D eigenvalue weighted by molar-refractivity contribution is 7.81. The molecule has 2 saturated heterocycles. The Balaban J connectivity index is 1.43. The quantitative estimate of drug-likeness (QED) is 0.721. The minimum atomic E-state index is -0.602. The molecule has 1 spiro atoms. The van der Waals surface area contributed by atoms with Gasteiger partial charge in [0.1, 0.15) is 17.3 Å². The number of thiocarbonyl (C=S) groups is 1. The van der Waals surface area contributed by atoms with Crippen molar-refractivity contribution in [3.8, 4) is 6.07 Å². The molecule has 1 saturated carbocycles. The zero-order chi connectivity index (χ0) is 22.3. The summed E-state index contributed by atoms with van der Waals surface area (Å²) >= 11 is 5.85. The highest BCUT2D eigenvalue weighted by Crippen LogP contribution is 2.47. The van der Waals surface area contributed by atoms with Gasteiger partial charge < -0.3 is 10.2 Å². The van der Waals surface area contributed by atoms with E-state index >= 15 is 0 Å². The molecule has 3 heterocycles. The maximum absolute atomic E-state index is 13.6. The van der Waals surface area contributed by atoms with Gasteiger partial charge in [-0.2, -0.15) is 5.26 Å². The molecule has 2 aliphatic heterocycles. The maximum atomic E-state index is 13.6. The molecule has 0 unspecified atom stereocenters. The monoisotopic (exact) mass is 445 g/mol. The van der Waals surface area contributed by atoms with Gasteiger partial charge in [0.25, 0.3) is 5.91 Å². The number of hydrogen-bond acceptors (Lipinski definition) is 5. The first kappa shape index (κ1) is 21.0. The standard InChI is InChI=1S/C25H27N5OS/c1-17-13-21(16-28-22(17)15-26)29-23(31)25(9-2-10-25)30(24(29)32)20-5-3-18(4-6-20)14-19-7-11-27-12-8-19/h3-6,13,16,19,27H,2,7-12,14H2,1H3. The van der Waals surface area contributed by atoms with Gasteiger partial charge in [0, 0.05) is 5.69 Å². The Bertz CT molecular complexity index is 1100. The van der Waals surface area contributed by atoms with Crippen molar-refractivity contribution in [3.63, 3.8) is 0 Å². The second-order valence-electron chi connectivity index (χ2n) is 9.18. The molecule has 3 fully saturated rings. The highest BCUT2D eigenvalue weighted by Gasteiger charge is 2.59. The lowest BCUT2D eigenvalue weighted by Gasteiger charge is -2.43. The summed E-state index contributed by atoms with van der Waals surface area (Å²) < 4.78 is 0. The summed E-state index contributed by atoms with van der Waals surface area (Å²) in [7, 11) is 0. The molecular formula is C25H27N5OS. The molecule has 6 nitrogen and oxygen atoms in total. The van der Waals surface area contributed by atoms with Crippen LogP contribution in [-0.4, -0.2) is 34.6 Å². The number of benzene rings is 1. The normalized spacial score (nSPS) is 20.5. The van der Waals surface area contributed by atoms with Gasteiger partial charge in [0.05, 0.1) is 11.9 Å². The lowest BCUT2D eigenvalue weighted by molar-refractivity contribution is -0.123. The van der Waals surface area contributed by atoms with Gasteiger partial charge in [-0.3, -0.25) is 9.69 Å². The fourth-order valence-electron chi connectivity index (χ4n) is 5.21. The first-order valence-electron chi connectivity index (χ1n) is 11.4. The number of nitrogens with zero attached hydrogens (tertiary/aromatic N) is 4. The average Bonchev–Trinajstić information content (AvgIpc) is 3.02. The summed E-state index contributed by atoms with van der Waals surface area (Å²) in [6.45, 7) is 4.04. The fraction of sp³-hybridized carbons (Fsp3) is 0.440. The summed E-state index contributed by atoms with van der Waals surface area (Å²) in [5, 5.41) is 13.1. The van der Waals surface area contributed by atoms with Crippen LogP contribution in [0.15, 0.2) is 36.5 Å². The summed E-state index contributed by atoms with van der Waals surface area (Å²) in [4.78, 5) is 21.5. The third kappa shape index (κ3) is 3.39. The van der Waals surface area contributed by atoms with E-state index in [9.17, 15) is 10.1 Å². The van der Waals surface area contributed by atoms with Gasteiger partial charge in [0.15, 0.2) is 5.11 Å². The Morgan fingerprint density at radius 2 is 1.94 bits per heavy atom. The van der Waals surface area contributed by atoms with Crippen LogP contribution in [-0.2, 0) is 11.2 Å². The first-order chi connectivity index (χ1) is 15.5. The molecule has 0 atom stereocenters. The van der Waals surface area contributed by atoms with E-state index in [0.717, 1.165) is 55.9 Å². The van der Waals surface area contributed by atoms with Crippen LogP contribution in [0.4, 0.5) is 11.4 Å². The zero-order valence-corrected chi connectivity index (χ0v) is 19.1. The number of anilines is 2. The molecule has 1 aliphatic carbocycles. The molecular weight excluding hydrogens is 418 g/mol. The lowest BCUT2D eigenvalue weighted by Crippen LogP contribution is -2.55. The molecule has 5 rings (SSSR count). The van der Waals surface area contributed by atoms with Crippen molar-refractivity contribution >= 4 is 34.6 Å². The molecule has 1 amide bonds. The van der Waals surface area contributed by atoms with Crippen LogP contribution in [0.2, 0.25) is 0 Å². The summed E-state index contributed by atoms with van der Waals surface area (Å²) in [6, 6.07) is 12.5. The molecule has 7 heteroatoms. The number of hydrogen-bond donors (Lipinski definition) is 1. The predicted octanol–water partition coefficient (Wildman–Crippen LogP) is 3.86. The number of nitrogens with one attached hydrogen (secondary N) is 1. The van der Waals surface area contributed by atoms with Crippen LogP contribution in [0, 0.1) is 24.2 Å². The van der Waals surface area contributed by atoms with Gasteiger partial charge in [0.2, 0.25) is 0 Å². The minimum Gasteiger partial charge on any atom is -0.317 e. The molecule has 32 heavy (non-hydrogen) atoms. The van der Waals surface area contributed by atoms with Crippen LogP contribution in [0.3, 0.4) is 0 Å². The third-order valence-electron chi connectivity index (χ3n) is 7.20. The number of nitriles is 1. The van der Waals surface area contributed by atoms with E-state index in [2.05, 4.69) is 45.5 Å². The second-order valence-corrected chi connectivity index (χ2v) is 9.54. The molecule has 164 valence electrons. The molecule has 1 aromatic carbocycles. The van der Waals surface area contributed by atoms with Gasteiger partial charge in [-0.25, -0.2) is 4.98 Å². The van der Waals surface area contributed by atoms with Crippen LogP contribution in [0.5, 0.6) is 0 Å². The summed E-state index contributed by atoms with van der Waals surface area (Å²) in [5.74, 6) is 0.746. The van der Waals surface area contributed by atoms with Gasteiger partial charge in [-0.15, -0.1) is 0 Å². The Labute approximate surface area is 194 Å². The second kappa shape index (κ2) is 8.27. The van der Waals surface area contributed by atoms with E-state index in [-0.39, 0.29) is 5.91 Å². The van der Waals surface area contributed by atoms with Crippen molar-refractivity contribution in [1.29, 1.82) is 5.26 Å². The predicted molar refractivity (Wildman–Crippen MR) is 129 cm³/mol.